The predicted molar refractivity (Wildman–Crippen MR) is 175 cm³/mol. The van der Waals surface area contributed by atoms with Gasteiger partial charge in [0.2, 0.25) is 5.91 Å². The number of unbranched alkanes of at least 4 members (excludes halogenated alkanes) is 1. The molecule has 248 valence electrons. The monoisotopic (exact) mass is 685 g/mol. The fourth-order valence-electron chi connectivity index (χ4n) is 5.38. The van der Waals surface area contributed by atoms with Gasteiger partial charge in [0.15, 0.2) is 11.8 Å². The molecule has 2 heterocycles. The molecule has 4 aromatic rings. The van der Waals surface area contributed by atoms with Gasteiger partial charge < -0.3 is 14.5 Å². The first-order chi connectivity index (χ1) is 22.6. The number of alkyl halides is 3. The summed E-state index contributed by atoms with van der Waals surface area (Å²) in [6, 6.07) is 21.4. The third kappa shape index (κ3) is 9.29. The van der Waals surface area contributed by atoms with Crippen LogP contribution in [-0.4, -0.2) is 74.4 Å². The largest absolute Gasteiger partial charge is 0.484 e. The molecule has 0 spiro atoms. The second kappa shape index (κ2) is 15.7. The highest BCUT2D eigenvalue weighted by molar-refractivity contribution is 7.99. The van der Waals surface area contributed by atoms with Crippen LogP contribution in [0.1, 0.15) is 43.1 Å². The van der Waals surface area contributed by atoms with Gasteiger partial charge in [-0.3, -0.25) is 14.2 Å². The van der Waals surface area contributed by atoms with Gasteiger partial charge in [0.25, 0.3) is 5.91 Å². The maximum Gasteiger partial charge on any atom is 0.416 e. The molecule has 1 fully saturated rings. The molecule has 5 rings (SSSR count). The van der Waals surface area contributed by atoms with Crippen molar-refractivity contribution < 1.29 is 27.5 Å². The van der Waals surface area contributed by atoms with E-state index in [1.165, 1.54) is 17.8 Å². The van der Waals surface area contributed by atoms with Gasteiger partial charge in [-0.2, -0.15) is 13.2 Å². The van der Waals surface area contributed by atoms with Crippen molar-refractivity contribution in [3.63, 3.8) is 0 Å². The van der Waals surface area contributed by atoms with Crippen LogP contribution in [-0.2, 0) is 22.2 Å². The Morgan fingerprint density at radius 3 is 2.45 bits per heavy atom. The van der Waals surface area contributed by atoms with Crippen LogP contribution in [0.4, 0.5) is 13.2 Å². The minimum atomic E-state index is -4.48. The van der Waals surface area contributed by atoms with E-state index in [4.69, 9.17) is 16.3 Å². The van der Waals surface area contributed by atoms with E-state index in [9.17, 15) is 22.8 Å². The standard InChI is InChI=1S/C34H35ClF3N5O3S/c1-24-22-41(17-18-42(24)32(45)23-46-29-15-13-27(35)14-16-29)31(44)12-5-6-19-47-33-40-39-30(20-25-8-3-2-4-9-25)43(33)28-11-7-10-26(21-28)34(36,37)38/h2-4,7-11,13-16,21,24H,5-6,12,17-20,22-23H2,1H3. The maximum atomic E-state index is 13.5. The van der Waals surface area contributed by atoms with E-state index >= 15 is 0 Å². The lowest BCUT2D eigenvalue weighted by Crippen LogP contribution is -2.56. The molecule has 13 heteroatoms. The second-order valence-corrected chi connectivity index (χ2v) is 12.8. The van der Waals surface area contributed by atoms with E-state index < -0.39 is 11.7 Å². The first-order valence-electron chi connectivity index (χ1n) is 15.3. The number of halogens is 4. The second-order valence-electron chi connectivity index (χ2n) is 11.3. The van der Waals surface area contributed by atoms with E-state index in [0.717, 1.165) is 17.7 Å². The van der Waals surface area contributed by atoms with E-state index in [0.29, 0.717) is 78.5 Å². The lowest BCUT2D eigenvalue weighted by atomic mass is 10.1. The molecule has 2 amide bonds. The summed E-state index contributed by atoms with van der Waals surface area (Å²) in [4.78, 5) is 29.3. The summed E-state index contributed by atoms with van der Waals surface area (Å²) in [5, 5.41) is 9.74. The number of amides is 2. The number of benzene rings is 3. The molecule has 1 aromatic heterocycles. The van der Waals surface area contributed by atoms with E-state index in [-0.39, 0.29) is 24.5 Å². The van der Waals surface area contributed by atoms with Crippen LogP contribution in [0.2, 0.25) is 5.02 Å². The van der Waals surface area contributed by atoms with Crippen molar-refractivity contribution in [3.05, 3.63) is 101 Å². The smallest absolute Gasteiger partial charge is 0.416 e. The Morgan fingerprint density at radius 1 is 0.957 bits per heavy atom. The van der Waals surface area contributed by atoms with Gasteiger partial charge in [0.1, 0.15) is 11.6 Å². The molecule has 0 radical (unpaired) electrons. The Balaban J connectivity index is 1.12. The highest BCUT2D eigenvalue weighted by atomic mass is 35.5. The summed E-state index contributed by atoms with van der Waals surface area (Å²) in [5.74, 6) is 1.61. The quantitative estimate of drug-likeness (QED) is 0.119. The summed E-state index contributed by atoms with van der Waals surface area (Å²) >= 11 is 7.30. The van der Waals surface area contributed by atoms with Crippen LogP contribution >= 0.6 is 23.4 Å². The van der Waals surface area contributed by atoms with E-state index in [1.54, 1.807) is 44.7 Å². The fourth-order valence-corrected chi connectivity index (χ4v) is 6.48. The van der Waals surface area contributed by atoms with Gasteiger partial charge >= 0.3 is 6.18 Å². The topological polar surface area (TPSA) is 80.6 Å². The Bertz CT molecular complexity index is 1650. The molecule has 1 saturated heterocycles. The van der Waals surface area contributed by atoms with E-state index in [1.807, 2.05) is 37.3 Å². The SMILES string of the molecule is CC1CN(C(=O)CCCCSc2nnc(Cc3ccccc3)n2-c2cccc(C(F)(F)F)c2)CCN1C(=O)COc1ccc(Cl)cc1. The molecular weight excluding hydrogens is 651 g/mol. The van der Waals surface area contributed by atoms with E-state index in [2.05, 4.69) is 10.2 Å². The lowest BCUT2D eigenvalue weighted by Gasteiger charge is -2.40. The summed E-state index contributed by atoms with van der Waals surface area (Å²) in [7, 11) is 0. The molecule has 47 heavy (non-hydrogen) atoms. The van der Waals surface area contributed by atoms with Crippen LogP contribution in [0.5, 0.6) is 5.75 Å². The molecule has 0 aliphatic carbocycles. The number of ether oxygens (including phenoxy) is 1. The number of nitrogens with zero attached hydrogens (tertiary/aromatic N) is 5. The molecule has 1 unspecified atom stereocenters. The van der Waals surface area contributed by atoms with Crippen molar-refractivity contribution in [2.24, 2.45) is 0 Å². The Labute approximate surface area is 280 Å². The third-order valence-corrected chi connectivity index (χ3v) is 9.10. The third-order valence-electron chi connectivity index (χ3n) is 7.83. The fraction of sp³-hybridized carbons (Fsp3) is 0.353. The highest BCUT2D eigenvalue weighted by Gasteiger charge is 2.31. The number of carbonyl (C=O) groups excluding carboxylic acids is 2. The molecule has 1 aliphatic rings. The van der Waals surface area contributed by atoms with Crippen molar-refractivity contribution in [1.29, 1.82) is 0 Å². The molecule has 3 aromatic carbocycles. The predicted octanol–water partition coefficient (Wildman–Crippen LogP) is 6.93. The Morgan fingerprint density at radius 2 is 1.72 bits per heavy atom. The number of piperazine rings is 1. The van der Waals surface area contributed by atoms with Gasteiger partial charge in [-0.05, 0) is 67.8 Å². The van der Waals surface area contributed by atoms with Crippen LogP contribution in [0.3, 0.4) is 0 Å². The number of thioether (sulfide) groups is 1. The minimum absolute atomic E-state index is 0.0312. The van der Waals surface area contributed by atoms with Gasteiger partial charge in [0, 0.05) is 49.3 Å². The number of hydrogen-bond acceptors (Lipinski definition) is 6. The van der Waals surface area contributed by atoms with Crippen LogP contribution in [0, 0.1) is 0 Å². The van der Waals surface area contributed by atoms with Gasteiger partial charge in [-0.15, -0.1) is 10.2 Å². The molecular formula is C34H35ClF3N5O3S. The number of hydrogen-bond donors (Lipinski definition) is 0. The van der Waals surface area contributed by atoms with Crippen molar-refractivity contribution in [2.75, 3.05) is 32.0 Å². The van der Waals surface area contributed by atoms with Crippen molar-refractivity contribution in [1.82, 2.24) is 24.6 Å². The zero-order chi connectivity index (χ0) is 33.4. The van der Waals surface area contributed by atoms with Crippen LogP contribution in [0.25, 0.3) is 5.69 Å². The number of carbonyl (C=O) groups is 2. The van der Waals surface area contributed by atoms with Gasteiger partial charge in [0.05, 0.1) is 11.3 Å². The minimum Gasteiger partial charge on any atom is -0.484 e. The summed E-state index contributed by atoms with van der Waals surface area (Å²) in [5.41, 5.74) is 0.570. The first kappa shape index (κ1) is 34.3. The summed E-state index contributed by atoms with van der Waals surface area (Å²) in [6.07, 6.45) is -2.36. The molecule has 0 N–H and O–H groups in total. The average Bonchev–Trinajstić information content (AvgIpc) is 3.46. The van der Waals surface area contributed by atoms with Crippen molar-refractivity contribution >= 4 is 35.2 Å². The summed E-state index contributed by atoms with van der Waals surface area (Å²) in [6.45, 7) is 3.16. The normalized spacial score (nSPS) is 15.1. The number of rotatable bonds is 12. The zero-order valence-corrected chi connectivity index (χ0v) is 27.4. The van der Waals surface area contributed by atoms with Gasteiger partial charge in [-0.25, -0.2) is 0 Å². The highest BCUT2D eigenvalue weighted by Crippen LogP contribution is 2.32. The van der Waals surface area contributed by atoms with Gasteiger partial charge in [-0.1, -0.05) is 59.8 Å². The Kier molecular flexibility index (Phi) is 11.5. The average molecular weight is 686 g/mol. The molecule has 1 aliphatic heterocycles. The molecule has 8 nitrogen and oxygen atoms in total. The Hall–Kier alpha value is -4.03. The molecule has 0 saturated carbocycles. The maximum absolute atomic E-state index is 13.5. The molecule has 0 bridgehead atoms. The lowest BCUT2D eigenvalue weighted by molar-refractivity contribution is -0.143. The van der Waals surface area contributed by atoms with Crippen LogP contribution in [0.15, 0.2) is 84.0 Å². The number of aromatic nitrogens is 3. The van der Waals surface area contributed by atoms with Crippen molar-refractivity contribution in [2.45, 2.75) is 50.0 Å². The van der Waals surface area contributed by atoms with Crippen molar-refractivity contribution in [3.8, 4) is 11.4 Å². The van der Waals surface area contributed by atoms with Crippen LogP contribution < -0.4 is 4.74 Å². The molecule has 1 atom stereocenters. The summed E-state index contributed by atoms with van der Waals surface area (Å²) < 4.78 is 47.8. The zero-order valence-electron chi connectivity index (χ0n) is 25.8. The first-order valence-corrected chi connectivity index (χ1v) is 16.7.